The highest BCUT2D eigenvalue weighted by Gasteiger charge is 2.09. The molecule has 0 radical (unpaired) electrons. The summed E-state index contributed by atoms with van der Waals surface area (Å²) < 4.78 is 5.20. The molecule has 0 aromatic heterocycles. The lowest BCUT2D eigenvalue weighted by Crippen LogP contribution is -2.25. The first-order chi connectivity index (χ1) is 12.4. The van der Waals surface area contributed by atoms with Gasteiger partial charge < -0.3 is 4.74 Å². The third kappa shape index (κ3) is 5.09. The number of benzene rings is 2. The van der Waals surface area contributed by atoms with Crippen LogP contribution in [0.1, 0.15) is 12.5 Å². The molecule has 0 atom stereocenters. The SMILES string of the molecule is CC(=NNC(=O)COc1ccc([N+](=O)[O-])cc1)c1cccc([N+](=O)[O-])c1. The van der Waals surface area contributed by atoms with Gasteiger partial charge in [0.25, 0.3) is 17.3 Å². The highest BCUT2D eigenvalue weighted by molar-refractivity contribution is 5.99. The molecule has 2 rings (SSSR count). The Kier molecular flexibility index (Phi) is 5.93. The number of nitrogens with one attached hydrogen (secondary N) is 1. The van der Waals surface area contributed by atoms with E-state index in [0.29, 0.717) is 17.0 Å². The van der Waals surface area contributed by atoms with Crippen LogP contribution in [0.3, 0.4) is 0 Å². The van der Waals surface area contributed by atoms with E-state index in [0.717, 1.165) is 0 Å². The zero-order chi connectivity index (χ0) is 19.1. The van der Waals surface area contributed by atoms with Gasteiger partial charge >= 0.3 is 0 Å². The van der Waals surface area contributed by atoms with Crippen molar-refractivity contribution in [3.8, 4) is 5.75 Å². The lowest BCUT2D eigenvalue weighted by Gasteiger charge is -2.05. The number of carbonyl (C=O) groups excluding carboxylic acids is 1. The number of hydrazone groups is 1. The second-order valence-corrected chi connectivity index (χ2v) is 5.08. The van der Waals surface area contributed by atoms with Gasteiger partial charge in [-0.2, -0.15) is 5.10 Å². The minimum atomic E-state index is -0.548. The van der Waals surface area contributed by atoms with Crippen molar-refractivity contribution in [3.63, 3.8) is 0 Å². The molecule has 0 fully saturated rings. The zero-order valence-electron chi connectivity index (χ0n) is 13.6. The van der Waals surface area contributed by atoms with Crippen molar-refractivity contribution in [2.75, 3.05) is 6.61 Å². The molecular weight excluding hydrogens is 344 g/mol. The second-order valence-electron chi connectivity index (χ2n) is 5.08. The number of hydrogen-bond acceptors (Lipinski definition) is 7. The fourth-order valence-corrected chi connectivity index (χ4v) is 1.90. The summed E-state index contributed by atoms with van der Waals surface area (Å²) in [5, 5.41) is 25.2. The van der Waals surface area contributed by atoms with E-state index in [1.807, 2.05) is 0 Å². The summed E-state index contributed by atoms with van der Waals surface area (Å²) >= 11 is 0. The Morgan fingerprint density at radius 3 is 2.35 bits per heavy atom. The highest BCUT2D eigenvalue weighted by Crippen LogP contribution is 2.17. The molecule has 1 N–H and O–H groups in total. The van der Waals surface area contributed by atoms with Crippen molar-refractivity contribution in [2.24, 2.45) is 5.10 Å². The van der Waals surface area contributed by atoms with Crippen molar-refractivity contribution in [3.05, 3.63) is 74.3 Å². The predicted molar refractivity (Wildman–Crippen MR) is 92.0 cm³/mol. The van der Waals surface area contributed by atoms with E-state index < -0.39 is 15.8 Å². The Balaban J connectivity index is 1.91. The van der Waals surface area contributed by atoms with Gasteiger partial charge in [-0.15, -0.1) is 0 Å². The van der Waals surface area contributed by atoms with Gasteiger partial charge in [0.1, 0.15) is 5.75 Å². The summed E-state index contributed by atoms with van der Waals surface area (Å²) in [5.41, 5.74) is 2.99. The number of nitrogens with zero attached hydrogens (tertiary/aromatic N) is 3. The van der Waals surface area contributed by atoms with Crippen molar-refractivity contribution in [1.29, 1.82) is 0 Å². The molecular formula is C16H14N4O6. The topological polar surface area (TPSA) is 137 Å². The minimum Gasteiger partial charge on any atom is -0.484 e. The zero-order valence-corrected chi connectivity index (χ0v) is 13.6. The Morgan fingerprint density at radius 2 is 1.73 bits per heavy atom. The van der Waals surface area contributed by atoms with Crippen LogP contribution in [0.5, 0.6) is 5.75 Å². The number of hydrogen-bond donors (Lipinski definition) is 1. The van der Waals surface area contributed by atoms with E-state index in [2.05, 4.69) is 10.5 Å². The van der Waals surface area contributed by atoms with E-state index in [1.54, 1.807) is 13.0 Å². The quantitative estimate of drug-likeness (QED) is 0.458. The molecule has 134 valence electrons. The Morgan fingerprint density at radius 1 is 1.08 bits per heavy atom. The van der Waals surface area contributed by atoms with Crippen LogP contribution in [0.25, 0.3) is 0 Å². The monoisotopic (exact) mass is 358 g/mol. The normalized spacial score (nSPS) is 10.9. The molecule has 2 aromatic carbocycles. The van der Waals surface area contributed by atoms with Crippen LogP contribution in [-0.2, 0) is 4.79 Å². The van der Waals surface area contributed by atoms with Crippen molar-refractivity contribution < 1.29 is 19.4 Å². The van der Waals surface area contributed by atoms with E-state index in [-0.39, 0.29) is 18.0 Å². The second kappa shape index (κ2) is 8.33. The molecule has 1 amide bonds. The summed E-state index contributed by atoms with van der Waals surface area (Å²) in [5.74, 6) is -0.252. The first kappa shape index (κ1) is 18.5. The fourth-order valence-electron chi connectivity index (χ4n) is 1.90. The van der Waals surface area contributed by atoms with Gasteiger partial charge in [-0.05, 0) is 19.1 Å². The highest BCUT2D eigenvalue weighted by atomic mass is 16.6. The maximum Gasteiger partial charge on any atom is 0.277 e. The molecule has 0 spiro atoms. The van der Waals surface area contributed by atoms with Crippen LogP contribution < -0.4 is 10.2 Å². The van der Waals surface area contributed by atoms with E-state index in [4.69, 9.17) is 4.74 Å². The third-order valence-electron chi connectivity index (χ3n) is 3.24. The molecule has 0 saturated carbocycles. The third-order valence-corrected chi connectivity index (χ3v) is 3.24. The first-order valence-electron chi connectivity index (χ1n) is 7.32. The average molecular weight is 358 g/mol. The number of amides is 1. The summed E-state index contributed by atoms with van der Waals surface area (Å²) in [7, 11) is 0. The molecule has 0 saturated heterocycles. The van der Waals surface area contributed by atoms with Gasteiger partial charge in [0.2, 0.25) is 0 Å². The number of non-ortho nitro benzene ring substituents is 2. The number of carbonyl (C=O) groups is 1. The molecule has 0 aliphatic rings. The smallest absolute Gasteiger partial charge is 0.277 e. The predicted octanol–water partition coefficient (Wildman–Crippen LogP) is 2.42. The van der Waals surface area contributed by atoms with E-state index in [1.165, 1.54) is 42.5 Å². The van der Waals surface area contributed by atoms with Gasteiger partial charge in [0.15, 0.2) is 6.61 Å². The number of rotatable bonds is 7. The van der Waals surface area contributed by atoms with Gasteiger partial charge in [-0.3, -0.25) is 25.0 Å². The molecule has 0 heterocycles. The van der Waals surface area contributed by atoms with E-state index >= 15 is 0 Å². The molecule has 0 aliphatic carbocycles. The van der Waals surface area contributed by atoms with Crippen LogP contribution in [-0.4, -0.2) is 28.1 Å². The Labute approximate surface area is 147 Å². The number of ether oxygens (including phenoxy) is 1. The molecule has 0 bridgehead atoms. The summed E-state index contributed by atoms with van der Waals surface area (Å²) in [6.07, 6.45) is 0. The Hall–Kier alpha value is -3.82. The lowest BCUT2D eigenvalue weighted by atomic mass is 10.1. The molecule has 2 aromatic rings. The number of nitro groups is 2. The average Bonchev–Trinajstić information content (AvgIpc) is 2.64. The summed E-state index contributed by atoms with van der Waals surface area (Å²) in [6, 6.07) is 11.1. The molecule has 10 nitrogen and oxygen atoms in total. The largest absolute Gasteiger partial charge is 0.484 e. The Bertz CT molecular complexity index is 863. The van der Waals surface area contributed by atoms with Crippen molar-refractivity contribution in [1.82, 2.24) is 5.43 Å². The van der Waals surface area contributed by atoms with Crippen molar-refractivity contribution >= 4 is 23.0 Å². The molecule has 10 heteroatoms. The van der Waals surface area contributed by atoms with Crippen LogP contribution in [0.15, 0.2) is 53.6 Å². The van der Waals surface area contributed by atoms with Crippen LogP contribution in [0.4, 0.5) is 11.4 Å². The summed E-state index contributed by atoms with van der Waals surface area (Å²) in [6.45, 7) is 1.25. The van der Waals surface area contributed by atoms with Gasteiger partial charge in [-0.1, -0.05) is 12.1 Å². The first-order valence-corrected chi connectivity index (χ1v) is 7.32. The number of nitro benzene ring substituents is 2. The van der Waals surface area contributed by atoms with Crippen LogP contribution in [0.2, 0.25) is 0 Å². The van der Waals surface area contributed by atoms with Gasteiger partial charge in [0.05, 0.1) is 15.6 Å². The summed E-state index contributed by atoms with van der Waals surface area (Å²) in [4.78, 5) is 32.0. The molecule has 26 heavy (non-hydrogen) atoms. The van der Waals surface area contributed by atoms with Crippen LogP contribution >= 0.6 is 0 Å². The van der Waals surface area contributed by atoms with Gasteiger partial charge in [-0.25, -0.2) is 5.43 Å². The maximum absolute atomic E-state index is 11.7. The van der Waals surface area contributed by atoms with Crippen molar-refractivity contribution in [2.45, 2.75) is 6.92 Å². The molecule has 0 unspecified atom stereocenters. The minimum absolute atomic E-state index is 0.0788. The van der Waals surface area contributed by atoms with Gasteiger partial charge in [0, 0.05) is 29.8 Å². The molecule has 0 aliphatic heterocycles. The van der Waals surface area contributed by atoms with Crippen LogP contribution in [0, 0.1) is 20.2 Å². The van der Waals surface area contributed by atoms with E-state index in [9.17, 15) is 25.0 Å². The standard InChI is InChI=1S/C16H14N4O6/c1-11(12-3-2-4-14(9-12)20(24)25)17-18-16(21)10-26-15-7-5-13(6-8-15)19(22)23/h2-9H,10H2,1H3,(H,18,21). The lowest BCUT2D eigenvalue weighted by molar-refractivity contribution is -0.385. The maximum atomic E-state index is 11.7. The fraction of sp³-hybridized carbons (Fsp3) is 0.125.